The Morgan fingerprint density at radius 3 is 2.35 bits per heavy atom. The molecule has 20 heavy (non-hydrogen) atoms. The highest BCUT2D eigenvalue weighted by Gasteiger charge is 2.33. The molecule has 1 N–H and O–H groups in total. The van der Waals surface area contributed by atoms with Crippen molar-refractivity contribution in [3.05, 3.63) is 35.1 Å². The molecule has 1 aromatic rings. The predicted octanol–water partition coefficient (Wildman–Crippen LogP) is 3.39. The Hall–Kier alpha value is -0.930. The minimum atomic E-state index is -0.152. The Bertz CT molecular complexity index is 425. The molecule has 1 atom stereocenters. The number of halogens is 1. The summed E-state index contributed by atoms with van der Waals surface area (Å²) >= 11 is 0. The van der Waals surface area contributed by atoms with Crippen molar-refractivity contribution >= 4 is 0 Å². The van der Waals surface area contributed by atoms with Crippen LogP contribution >= 0.6 is 0 Å². The molecule has 2 nitrogen and oxygen atoms in total. The van der Waals surface area contributed by atoms with Crippen LogP contribution in [0, 0.1) is 12.7 Å². The van der Waals surface area contributed by atoms with Crippen LogP contribution in [0.4, 0.5) is 4.39 Å². The molecule has 0 amide bonds. The van der Waals surface area contributed by atoms with Gasteiger partial charge in [0.05, 0.1) is 0 Å². The molecule has 0 radical (unpaired) electrons. The smallest absolute Gasteiger partial charge is 0.123 e. The highest BCUT2D eigenvalue weighted by atomic mass is 19.1. The van der Waals surface area contributed by atoms with E-state index in [4.69, 9.17) is 0 Å². The molecule has 0 bridgehead atoms. The molecule has 1 unspecified atom stereocenters. The summed E-state index contributed by atoms with van der Waals surface area (Å²) < 4.78 is 13.5. The molecule has 0 aliphatic carbocycles. The Kier molecular flexibility index (Phi) is 6.15. The number of nitrogens with zero attached hydrogens (tertiary/aromatic N) is 1. The van der Waals surface area contributed by atoms with Gasteiger partial charge >= 0.3 is 0 Å². The van der Waals surface area contributed by atoms with Gasteiger partial charge in [-0.1, -0.05) is 19.9 Å². The third-order valence-corrected chi connectivity index (χ3v) is 4.51. The van der Waals surface area contributed by atoms with Crippen molar-refractivity contribution < 1.29 is 4.39 Å². The van der Waals surface area contributed by atoms with Gasteiger partial charge in [-0.25, -0.2) is 4.39 Å². The van der Waals surface area contributed by atoms with Crippen LogP contribution in [0.1, 0.15) is 38.8 Å². The molecule has 0 heterocycles. The topological polar surface area (TPSA) is 15.3 Å². The van der Waals surface area contributed by atoms with E-state index in [-0.39, 0.29) is 17.4 Å². The number of rotatable bonds is 7. The van der Waals surface area contributed by atoms with E-state index < -0.39 is 0 Å². The van der Waals surface area contributed by atoms with Gasteiger partial charge in [-0.05, 0) is 70.6 Å². The lowest BCUT2D eigenvalue weighted by Gasteiger charge is -2.43. The maximum atomic E-state index is 13.5. The second kappa shape index (κ2) is 7.19. The van der Waals surface area contributed by atoms with E-state index >= 15 is 0 Å². The van der Waals surface area contributed by atoms with E-state index in [0.717, 1.165) is 30.6 Å². The summed E-state index contributed by atoms with van der Waals surface area (Å²) in [6.45, 7) is 13.0. The normalized spacial score (nSPS) is 13.8. The van der Waals surface area contributed by atoms with Crippen molar-refractivity contribution in [2.24, 2.45) is 0 Å². The number of benzene rings is 1. The van der Waals surface area contributed by atoms with Gasteiger partial charge in [0, 0.05) is 11.6 Å². The first-order valence-electron chi connectivity index (χ1n) is 7.54. The van der Waals surface area contributed by atoms with Gasteiger partial charge in [0.2, 0.25) is 0 Å². The zero-order chi connectivity index (χ0) is 15.3. The summed E-state index contributed by atoms with van der Waals surface area (Å²) in [7, 11) is 1.99. The first kappa shape index (κ1) is 17.1. The highest BCUT2D eigenvalue weighted by Crippen LogP contribution is 2.23. The number of aryl methyl sites for hydroxylation is 1. The molecule has 0 aliphatic heterocycles. The number of hydrogen-bond donors (Lipinski definition) is 1. The summed E-state index contributed by atoms with van der Waals surface area (Å²) in [5.74, 6) is -0.152. The van der Waals surface area contributed by atoms with Gasteiger partial charge in [0.15, 0.2) is 0 Å². The summed E-state index contributed by atoms with van der Waals surface area (Å²) in [6.07, 6.45) is 0.837. The monoisotopic (exact) mass is 280 g/mol. The molecule has 0 aromatic heterocycles. The van der Waals surface area contributed by atoms with Gasteiger partial charge in [-0.2, -0.15) is 0 Å². The van der Waals surface area contributed by atoms with Crippen molar-refractivity contribution in [2.75, 3.05) is 20.1 Å². The molecule has 1 rings (SSSR count). The Morgan fingerprint density at radius 2 is 1.85 bits per heavy atom. The van der Waals surface area contributed by atoms with Crippen molar-refractivity contribution in [1.82, 2.24) is 10.2 Å². The van der Waals surface area contributed by atoms with E-state index in [1.165, 1.54) is 6.07 Å². The minimum Gasteiger partial charge on any atom is -0.315 e. The molecule has 114 valence electrons. The third-order valence-electron chi connectivity index (χ3n) is 4.51. The van der Waals surface area contributed by atoms with Crippen LogP contribution in [-0.4, -0.2) is 36.6 Å². The van der Waals surface area contributed by atoms with E-state index in [2.05, 4.69) is 37.9 Å². The average Bonchev–Trinajstić information content (AvgIpc) is 2.40. The predicted molar refractivity (Wildman–Crippen MR) is 84.7 cm³/mol. The Morgan fingerprint density at radius 1 is 1.25 bits per heavy atom. The number of hydrogen-bond acceptors (Lipinski definition) is 2. The van der Waals surface area contributed by atoms with Crippen LogP contribution in [0.2, 0.25) is 0 Å². The van der Waals surface area contributed by atoms with Gasteiger partial charge < -0.3 is 5.32 Å². The summed E-state index contributed by atoms with van der Waals surface area (Å²) in [5.41, 5.74) is 2.27. The maximum absolute atomic E-state index is 13.5. The lowest BCUT2D eigenvalue weighted by atomic mass is 9.86. The minimum absolute atomic E-state index is 0.0248. The van der Waals surface area contributed by atoms with E-state index in [0.29, 0.717) is 0 Å². The number of nitrogens with one attached hydrogen (secondary N) is 1. The van der Waals surface area contributed by atoms with Crippen LogP contribution in [0.5, 0.6) is 0 Å². The van der Waals surface area contributed by atoms with Gasteiger partial charge in [-0.3, -0.25) is 4.90 Å². The number of likely N-dealkylation sites (N-methyl/N-ethyl adjacent to an activating group) is 2. The van der Waals surface area contributed by atoms with Crippen molar-refractivity contribution in [3.8, 4) is 0 Å². The maximum Gasteiger partial charge on any atom is 0.123 e. The van der Waals surface area contributed by atoms with E-state index in [9.17, 15) is 4.39 Å². The molecular formula is C17H29FN2. The first-order chi connectivity index (χ1) is 9.36. The Balaban J connectivity index is 2.99. The van der Waals surface area contributed by atoms with E-state index in [1.807, 2.05) is 20.0 Å². The fourth-order valence-electron chi connectivity index (χ4n) is 3.04. The van der Waals surface area contributed by atoms with Crippen LogP contribution in [0.15, 0.2) is 18.2 Å². The lowest BCUT2D eigenvalue weighted by molar-refractivity contribution is 0.0943. The van der Waals surface area contributed by atoms with Crippen LogP contribution < -0.4 is 5.32 Å². The molecule has 0 spiro atoms. The van der Waals surface area contributed by atoms with Crippen molar-refractivity contribution in [3.63, 3.8) is 0 Å². The Labute approximate surface area is 123 Å². The summed E-state index contributed by atoms with van der Waals surface area (Å²) in [5, 5.41) is 3.42. The van der Waals surface area contributed by atoms with Gasteiger partial charge in [0.25, 0.3) is 0 Å². The largest absolute Gasteiger partial charge is 0.315 e. The molecular weight excluding hydrogens is 251 g/mol. The van der Waals surface area contributed by atoms with Crippen LogP contribution in [0.3, 0.4) is 0 Å². The molecule has 1 aromatic carbocycles. The average molecular weight is 280 g/mol. The second-order valence-electron chi connectivity index (χ2n) is 5.94. The zero-order valence-electron chi connectivity index (χ0n) is 13.8. The summed E-state index contributed by atoms with van der Waals surface area (Å²) in [4.78, 5) is 2.45. The molecule has 0 fully saturated rings. The fraction of sp³-hybridized carbons (Fsp3) is 0.647. The molecule has 0 saturated carbocycles. The quantitative estimate of drug-likeness (QED) is 0.823. The molecule has 0 saturated heterocycles. The van der Waals surface area contributed by atoms with Crippen LogP contribution in [0.25, 0.3) is 0 Å². The molecule has 0 aliphatic rings. The standard InChI is InChI=1S/C17H29FN2/c1-7-20(8-2)17(4,5)16(19-6)12-14-11-15(18)10-9-13(14)3/h9-11,16,19H,7-8,12H2,1-6H3. The fourth-order valence-corrected chi connectivity index (χ4v) is 3.04. The lowest BCUT2D eigenvalue weighted by Crippen LogP contribution is -2.57. The third kappa shape index (κ3) is 3.80. The van der Waals surface area contributed by atoms with Crippen molar-refractivity contribution in [2.45, 2.75) is 52.6 Å². The zero-order valence-corrected chi connectivity index (χ0v) is 13.8. The van der Waals surface area contributed by atoms with Crippen LogP contribution in [-0.2, 0) is 6.42 Å². The summed E-state index contributed by atoms with van der Waals surface area (Å²) in [6, 6.07) is 5.34. The van der Waals surface area contributed by atoms with Gasteiger partial charge in [-0.15, -0.1) is 0 Å². The highest BCUT2D eigenvalue weighted by molar-refractivity contribution is 5.28. The van der Waals surface area contributed by atoms with Gasteiger partial charge in [0.1, 0.15) is 5.82 Å². The molecule has 3 heteroatoms. The first-order valence-corrected chi connectivity index (χ1v) is 7.54. The van der Waals surface area contributed by atoms with Crippen molar-refractivity contribution in [1.29, 1.82) is 0 Å². The second-order valence-corrected chi connectivity index (χ2v) is 5.94. The van der Waals surface area contributed by atoms with E-state index in [1.54, 1.807) is 6.07 Å². The SMILES string of the molecule is CCN(CC)C(C)(C)C(Cc1cc(F)ccc1C)NC.